The molecule has 0 atom stereocenters. The van der Waals surface area contributed by atoms with Crippen molar-refractivity contribution in [2.75, 3.05) is 6.61 Å². The number of carboxylic acid groups (broad SMARTS) is 3. The third-order valence-electron chi connectivity index (χ3n) is 6.69. The molecule has 0 saturated carbocycles. The van der Waals surface area contributed by atoms with E-state index in [0.717, 1.165) is 37.4 Å². The van der Waals surface area contributed by atoms with Gasteiger partial charge < -0.3 is 30.5 Å². The summed E-state index contributed by atoms with van der Waals surface area (Å²) in [5.41, 5.74) is -0.167. The average Bonchev–Trinajstić information content (AvgIpc) is 2.86. The number of pyridine rings is 1. The Morgan fingerprint density at radius 1 is 1.00 bits per heavy atom. The molecule has 1 aliphatic rings. The normalized spacial score (nSPS) is 16.0. The molecule has 1 aliphatic heterocycles. The van der Waals surface area contributed by atoms with Gasteiger partial charge in [-0.25, -0.2) is 4.79 Å². The Kier molecular flexibility index (Phi) is 12.0. The van der Waals surface area contributed by atoms with E-state index in [-0.39, 0.29) is 11.1 Å². The number of carboxylic acids is 3. The summed E-state index contributed by atoms with van der Waals surface area (Å²) in [5.74, 6) is -1.70. The zero-order valence-corrected chi connectivity index (χ0v) is 24.5. The number of nitrogens with one attached hydrogen (secondary N) is 1. The number of carbonyl (C=O) groups is 3. The summed E-state index contributed by atoms with van der Waals surface area (Å²) in [6.07, 6.45) is 7.07. The van der Waals surface area contributed by atoms with Gasteiger partial charge in [0.2, 0.25) is 0 Å². The van der Waals surface area contributed by atoms with E-state index in [1.165, 1.54) is 5.56 Å². The molecule has 2 aromatic rings. The number of hydrogen-bond donors (Lipinski definition) is 5. The molecule has 2 heterocycles. The molecular weight excluding hydrogens is 542 g/mol. The van der Waals surface area contributed by atoms with Gasteiger partial charge >= 0.3 is 17.9 Å². The second-order valence-electron chi connectivity index (χ2n) is 11.8. The van der Waals surface area contributed by atoms with E-state index in [4.69, 9.17) is 31.6 Å². The van der Waals surface area contributed by atoms with Crippen molar-refractivity contribution >= 4 is 17.9 Å². The molecule has 3 rings (SSSR count). The van der Waals surface area contributed by atoms with Crippen molar-refractivity contribution < 1.29 is 39.5 Å². The summed E-state index contributed by atoms with van der Waals surface area (Å²) in [7, 11) is 0. The lowest BCUT2D eigenvalue weighted by molar-refractivity contribution is -0.170. The Morgan fingerprint density at radius 2 is 1.57 bits per heavy atom. The Labute approximate surface area is 246 Å². The van der Waals surface area contributed by atoms with E-state index < -0.39 is 36.4 Å². The van der Waals surface area contributed by atoms with Gasteiger partial charge in [-0.2, -0.15) is 0 Å². The second kappa shape index (κ2) is 14.8. The fraction of sp³-hybridized carbons (Fsp3) is 0.484. The van der Waals surface area contributed by atoms with Crippen molar-refractivity contribution in [1.29, 1.82) is 0 Å². The van der Waals surface area contributed by atoms with Crippen LogP contribution in [0.3, 0.4) is 0 Å². The van der Waals surface area contributed by atoms with E-state index in [2.05, 4.69) is 73.1 Å². The zero-order chi connectivity index (χ0) is 31.6. The van der Waals surface area contributed by atoms with Gasteiger partial charge in [-0.15, -0.1) is 6.42 Å². The van der Waals surface area contributed by atoms with E-state index in [1.54, 1.807) is 0 Å². The number of aliphatic hydroxyl groups is 1. The van der Waals surface area contributed by atoms with Crippen LogP contribution in [0.5, 0.6) is 5.75 Å². The van der Waals surface area contributed by atoms with Crippen LogP contribution in [0.2, 0.25) is 0 Å². The highest BCUT2D eigenvalue weighted by molar-refractivity contribution is 5.88. The Hall–Kier alpha value is -3.98. The Morgan fingerprint density at radius 3 is 2.02 bits per heavy atom. The summed E-state index contributed by atoms with van der Waals surface area (Å²) in [4.78, 5) is 37.6. The lowest BCUT2D eigenvalue weighted by Crippen LogP contribution is -2.62. The lowest BCUT2D eigenvalue weighted by atomic mass is 9.79. The molecule has 0 aliphatic carbocycles. The maximum atomic E-state index is 10.3. The summed E-state index contributed by atoms with van der Waals surface area (Å²) in [5, 5.41) is 37.6. The molecule has 0 unspecified atom stereocenters. The van der Waals surface area contributed by atoms with Crippen molar-refractivity contribution in [2.24, 2.45) is 0 Å². The first-order chi connectivity index (χ1) is 19.5. The number of ether oxygens (including phenoxy) is 1. The van der Waals surface area contributed by atoms with Crippen LogP contribution in [0.25, 0.3) is 0 Å². The first-order valence-electron chi connectivity index (χ1n) is 13.5. The number of aromatic nitrogens is 1. The zero-order valence-electron chi connectivity index (χ0n) is 24.5. The quantitative estimate of drug-likeness (QED) is 0.233. The first-order valence-corrected chi connectivity index (χ1v) is 13.5. The lowest BCUT2D eigenvalue weighted by Gasteiger charge is -2.49. The highest BCUT2D eigenvalue weighted by Crippen LogP contribution is 2.33. The second-order valence-corrected chi connectivity index (χ2v) is 11.8. The van der Waals surface area contributed by atoms with Crippen molar-refractivity contribution in [3.63, 3.8) is 0 Å². The predicted octanol–water partition coefficient (Wildman–Crippen LogP) is 3.16. The van der Waals surface area contributed by atoms with Crippen LogP contribution in [0.4, 0.5) is 0 Å². The molecule has 5 N–H and O–H groups in total. The van der Waals surface area contributed by atoms with Crippen molar-refractivity contribution in [3.05, 3.63) is 59.9 Å². The number of benzene rings is 1. The van der Waals surface area contributed by atoms with E-state index in [1.807, 2.05) is 24.4 Å². The molecule has 1 saturated heterocycles. The van der Waals surface area contributed by atoms with E-state index in [9.17, 15) is 14.4 Å². The Balaban J connectivity index is 0.000000401. The smallest absolute Gasteiger partial charge is 0.336 e. The molecule has 1 aromatic heterocycles. The minimum atomic E-state index is -2.74. The minimum Gasteiger partial charge on any atom is -0.481 e. The highest BCUT2D eigenvalue weighted by Gasteiger charge is 2.41. The van der Waals surface area contributed by atoms with Gasteiger partial charge in [0, 0.05) is 36.4 Å². The maximum absolute atomic E-state index is 10.3. The molecular formula is C31H41N3O8. The standard InChI is InChI=1S/C25H33N3O.C6H8O7/c1-6-15-29-23-12-10-20(11-13-23)18-28(19-21-9-7-8-14-26-21)22-16-24(2,3)27-25(4,5)17-22;7-3(8)1-6(13,5(11)12)2-4(9)10/h1,7-14,22,27H,15-19H2,2-5H3;13H,1-2H2,(H,7,8)(H,9,10)(H,11,12). The predicted molar refractivity (Wildman–Crippen MR) is 156 cm³/mol. The molecule has 228 valence electrons. The van der Waals surface area contributed by atoms with Crippen LogP contribution in [0.15, 0.2) is 48.7 Å². The molecule has 0 bridgehead atoms. The molecule has 1 aromatic carbocycles. The van der Waals surface area contributed by atoms with Crippen molar-refractivity contribution in [2.45, 2.75) is 89.2 Å². The summed E-state index contributed by atoms with van der Waals surface area (Å²) in [6, 6.07) is 14.9. The van der Waals surface area contributed by atoms with Crippen LogP contribution in [-0.4, -0.2) is 77.5 Å². The molecule has 11 nitrogen and oxygen atoms in total. The highest BCUT2D eigenvalue weighted by atomic mass is 16.5. The number of terminal acetylenes is 1. The van der Waals surface area contributed by atoms with Crippen LogP contribution in [0, 0.1) is 12.3 Å². The summed E-state index contributed by atoms with van der Waals surface area (Å²) < 4.78 is 5.51. The minimum absolute atomic E-state index is 0.0989. The molecule has 42 heavy (non-hydrogen) atoms. The fourth-order valence-corrected chi connectivity index (χ4v) is 5.31. The van der Waals surface area contributed by atoms with Crippen molar-refractivity contribution in [3.8, 4) is 18.1 Å². The number of aliphatic carboxylic acids is 3. The monoisotopic (exact) mass is 583 g/mol. The number of piperidine rings is 1. The Bertz CT molecular complexity index is 1210. The average molecular weight is 584 g/mol. The maximum Gasteiger partial charge on any atom is 0.336 e. The van der Waals surface area contributed by atoms with Crippen LogP contribution < -0.4 is 10.1 Å². The first kappa shape index (κ1) is 34.2. The summed E-state index contributed by atoms with van der Waals surface area (Å²) >= 11 is 0. The topological polar surface area (TPSA) is 170 Å². The third kappa shape index (κ3) is 11.5. The van der Waals surface area contributed by atoms with Gasteiger partial charge in [-0.3, -0.25) is 19.5 Å². The molecule has 1 fully saturated rings. The van der Waals surface area contributed by atoms with Gasteiger partial charge in [0.05, 0.1) is 18.5 Å². The number of hydrogen-bond acceptors (Lipinski definition) is 8. The fourth-order valence-electron chi connectivity index (χ4n) is 5.31. The molecule has 0 amide bonds. The number of rotatable bonds is 12. The van der Waals surface area contributed by atoms with Gasteiger partial charge in [0.15, 0.2) is 5.60 Å². The SMILES string of the molecule is C#CCOc1ccc(CN(Cc2ccccn2)C2CC(C)(C)NC(C)(C)C2)cc1.O=C(O)CC(O)(CC(=O)O)C(=O)O. The van der Waals surface area contributed by atoms with E-state index in [0.29, 0.717) is 12.6 Å². The van der Waals surface area contributed by atoms with Gasteiger partial charge in [0.1, 0.15) is 12.4 Å². The largest absolute Gasteiger partial charge is 0.481 e. The number of nitrogens with zero attached hydrogens (tertiary/aromatic N) is 2. The van der Waals surface area contributed by atoms with Crippen molar-refractivity contribution in [1.82, 2.24) is 15.2 Å². The van der Waals surface area contributed by atoms with Gasteiger partial charge in [-0.1, -0.05) is 24.1 Å². The van der Waals surface area contributed by atoms with E-state index >= 15 is 0 Å². The molecule has 11 heteroatoms. The summed E-state index contributed by atoms with van der Waals surface area (Å²) in [6.45, 7) is 11.2. The third-order valence-corrected chi connectivity index (χ3v) is 6.69. The molecule has 0 spiro atoms. The van der Waals surface area contributed by atoms with Crippen LogP contribution in [-0.2, 0) is 27.5 Å². The van der Waals surface area contributed by atoms with Gasteiger partial charge in [-0.05, 0) is 70.4 Å². The molecule has 0 radical (unpaired) electrons. The van der Waals surface area contributed by atoms with Crippen LogP contribution >= 0.6 is 0 Å². The van der Waals surface area contributed by atoms with Gasteiger partial charge in [0.25, 0.3) is 0 Å². The van der Waals surface area contributed by atoms with Crippen LogP contribution in [0.1, 0.15) is 64.6 Å².